The standard InChI is InChI=1S/C17H19NO3/c1-3-21-15-10-6-13(7-11-15)16(17(19)20)18-14-8-4-12(2)5-9-14/h4-11,16,18H,3H2,1-2H3,(H,19,20). The van der Waals surface area contributed by atoms with Crippen molar-refractivity contribution in [3.8, 4) is 5.75 Å². The lowest BCUT2D eigenvalue weighted by Crippen LogP contribution is -2.20. The zero-order chi connectivity index (χ0) is 15.2. The topological polar surface area (TPSA) is 58.6 Å². The number of hydrogen-bond donors (Lipinski definition) is 2. The summed E-state index contributed by atoms with van der Waals surface area (Å²) in [5.41, 5.74) is 2.60. The highest BCUT2D eigenvalue weighted by atomic mass is 16.5. The number of anilines is 1. The SMILES string of the molecule is CCOc1ccc(C(Nc2ccc(C)cc2)C(=O)O)cc1. The number of carboxylic acids is 1. The Hall–Kier alpha value is -2.49. The monoisotopic (exact) mass is 285 g/mol. The number of carbonyl (C=O) groups is 1. The molecule has 2 rings (SSSR count). The molecule has 0 aliphatic rings. The molecule has 1 unspecified atom stereocenters. The Kier molecular flexibility index (Phi) is 4.82. The molecule has 0 bridgehead atoms. The third-order valence-corrected chi connectivity index (χ3v) is 3.13. The Morgan fingerprint density at radius 2 is 1.76 bits per heavy atom. The lowest BCUT2D eigenvalue weighted by Gasteiger charge is -2.17. The van der Waals surface area contributed by atoms with Crippen LogP contribution in [0, 0.1) is 6.92 Å². The van der Waals surface area contributed by atoms with Gasteiger partial charge in [-0.2, -0.15) is 0 Å². The van der Waals surface area contributed by atoms with E-state index < -0.39 is 12.0 Å². The molecule has 0 saturated carbocycles. The Morgan fingerprint density at radius 1 is 1.14 bits per heavy atom. The lowest BCUT2D eigenvalue weighted by atomic mass is 10.1. The van der Waals surface area contributed by atoms with Crippen LogP contribution in [0.25, 0.3) is 0 Å². The van der Waals surface area contributed by atoms with E-state index in [1.165, 1.54) is 0 Å². The molecule has 0 radical (unpaired) electrons. The lowest BCUT2D eigenvalue weighted by molar-refractivity contribution is -0.138. The molecule has 0 aromatic heterocycles. The summed E-state index contributed by atoms with van der Waals surface area (Å²) in [6.45, 7) is 4.49. The van der Waals surface area contributed by atoms with Gasteiger partial charge in [-0.1, -0.05) is 29.8 Å². The van der Waals surface area contributed by atoms with E-state index >= 15 is 0 Å². The summed E-state index contributed by atoms with van der Waals surface area (Å²) in [5.74, 6) is -0.180. The van der Waals surface area contributed by atoms with Crippen LogP contribution in [0.5, 0.6) is 5.75 Å². The Morgan fingerprint density at radius 3 is 2.29 bits per heavy atom. The molecule has 0 heterocycles. The van der Waals surface area contributed by atoms with Crippen molar-refractivity contribution in [2.45, 2.75) is 19.9 Å². The zero-order valence-electron chi connectivity index (χ0n) is 12.2. The number of carboxylic acid groups (broad SMARTS) is 1. The summed E-state index contributed by atoms with van der Waals surface area (Å²) >= 11 is 0. The van der Waals surface area contributed by atoms with E-state index in [1.807, 2.05) is 38.1 Å². The summed E-state index contributed by atoms with van der Waals surface area (Å²) in [6.07, 6.45) is 0. The molecule has 4 nitrogen and oxygen atoms in total. The first-order valence-corrected chi connectivity index (χ1v) is 6.89. The predicted molar refractivity (Wildman–Crippen MR) is 82.8 cm³/mol. The number of rotatable bonds is 6. The van der Waals surface area contributed by atoms with Crippen LogP contribution in [-0.2, 0) is 4.79 Å². The van der Waals surface area contributed by atoms with Gasteiger partial charge in [0.15, 0.2) is 6.04 Å². The summed E-state index contributed by atoms with van der Waals surface area (Å²) < 4.78 is 5.36. The molecular formula is C17H19NO3. The van der Waals surface area contributed by atoms with E-state index in [-0.39, 0.29) is 0 Å². The minimum absolute atomic E-state index is 0.587. The minimum atomic E-state index is -0.917. The van der Waals surface area contributed by atoms with Gasteiger partial charge in [-0.3, -0.25) is 0 Å². The van der Waals surface area contributed by atoms with Gasteiger partial charge in [0.05, 0.1) is 6.61 Å². The van der Waals surface area contributed by atoms with E-state index in [0.29, 0.717) is 12.2 Å². The van der Waals surface area contributed by atoms with Crippen LogP contribution >= 0.6 is 0 Å². The second-order valence-electron chi connectivity index (χ2n) is 4.78. The average Bonchev–Trinajstić information content (AvgIpc) is 2.48. The maximum Gasteiger partial charge on any atom is 0.330 e. The van der Waals surface area contributed by atoms with Crippen LogP contribution in [0.3, 0.4) is 0 Å². The number of hydrogen-bond acceptors (Lipinski definition) is 3. The zero-order valence-corrected chi connectivity index (χ0v) is 12.2. The fraction of sp³-hybridized carbons (Fsp3) is 0.235. The molecule has 0 aliphatic heterocycles. The van der Waals surface area contributed by atoms with E-state index in [0.717, 1.165) is 17.0 Å². The van der Waals surface area contributed by atoms with Gasteiger partial charge in [0.2, 0.25) is 0 Å². The molecule has 4 heteroatoms. The normalized spacial score (nSPS) is 11.7. The van der Waals surface area contributed by atoms with Gasteiger partial charge in [-0.25, -0.2) is 4.79 Å². The smallest absolute Gasteiger partial charge is 0.330 e. The average molecular weight is 285 g/mol. The van der Waals surface area contributed by atoms with Crippen molar-refractivity contribution in [2.75, 3.05) is 11.9 Å². The summed E-state index contributed by atoms with van der Waals surface area (Å²) in [5, 5.41) is 12.5. The largest absolute Gasteiger partial charge is 0.494 e. The first-order chi connectivity index (χ1) is 10.1. The molecule has 1 atom stereocenters. The van der Waals surface area contributed by atoms with Gasteiger partial charge >= 0.3 is 5.97 Å². The van der Waals surface area contributed by atoms with Crippen LogP contribution in [0.15, 0.2) is 48.5 Å². The highest BCUT2D eigenvalue weighted by Crippen LogP contribution is 2.22. The molecule has 0 amide bonds. The van der Waals surface area contributed by atoms with Gasteiger partial charge < -0.3 is 15.2 Å². The van der Waals surface area contributed by atoms with Crippen molar-refractivity contribution in [1.82, 2.24) is 0 Å². The van der Waals surface area contributed by atoms with Crippen LogP contribution < -0.4 is 10.1 Å². The molecule has 110 valence electrons. The number of aliphatic carboxylic acids is 1. The van der Waals surface area contributed by atoms with Crippen molar-refractivity contribution in [3.05, 3.63) is 59.7 Å². The van der Waals surface area contributed by atoms with Gasteiger partial charge in [0, 0.05) is 5.69 Å². The molecular weight excluding hydrogens is 266 g/mol. The Bertz CT molecular complexity index is 590. The molecule has 21 heavy (non-hydrogen) atoms. The van der Waals surface area contributed by atoms with Crippen LogP contribution in [-0.4, -0.2) is 17.7 Å². The second-order valence-corrected chi connectivity index (χ2v) is 4.78. The molecule has 0 spiro atoms. The van der Waals surface area contributed by atoms with Gasteiger partial charge in [0.25, 0.3) is 0 Å². The van der Waals surface area contributed by atoms with Crippen molar-refractivity contribution in [1.29, 1.82) is 0 Å². The van der Waals surface area contributed by atoms with Gasteiger partial charge in [-0.15, -0.1) is 0 Å². The van der Waals surface area contributed by atoms with Crippen molar-refractivity contribution in [2.24, 2.45) is 0 Å². The maximum atomic E-state index is 11.5. The van der Waals surface area contributed by atoms with E-state index in [4.69, 9.17) is 4.74 Å². The summed E-state index contributed by atoms with van der Waals surface area (Å²) in [4.78, 5) is 11.5. The first kappa shape index (κ1) is 14.9. The molecule has 0 saturated heterocycles. The van der Waals surface area contributed by atoms with Crippen LogP contribution in [0.4, 0.5) is 5.69 Å². The van der Waals surface area contributed by atoms with Crippen molar-refractivity contribution >= 4 is 11.7 Å². The first-order valence-electron chi connectivity index (χ1n) is 6.89. The van der Waals surface area contributed by atoms with Crippen LogP contribution in [0.1, 0.15) is 24.1 Å². The Labute approximate surface area is 124 Å². The van der Waals surface area contributed by atoms with E-state index in [2.05, 4.69) is 5.32 Å². The number of aryl methyl sites for hydroxylation is 1. The third kappa shape index (κ3) is 3.99. The third-order valence-electron chi connectivity index (χ3n) is 3.13. The molecule has 2 aromatic rings. The minimum Gasteiger partial charge on any atom is -0.494 e. The molecule has 2 N–H and O–H groups in total. The summed E-state index contributed by atoms with van der Waals surface area (Å²) in [6, 6.07) is 14.0. The van der Waals surface area contributed by atoms with Gasteiger partial charge in [-0.05, 0) is 43.7 Å². The highest BCUT2D eigenvalue weighted by Gasteiger charge is 2.19. The number of benzene rings is 2. The highest BCUT2D eigenvalue weighted by molar-refractivity contribution is 5.79. The van der Waals surface area contributed by atoms with E-state index in [1.54, 1.807) is 24.3 Å². The quantitative estimate of drug-likeness (QED) is 0.851. The van der Waals surface area contributed by atoms with Crippen molar-refractivity contribution < 1.29 is 14.6 Å². The predicted octanol–water partition coefficient (Wildman–Crippen LogP) is 3.63. The maximum absolute atomic E-state index is 11.5. The van der Waals surface area contributed by atoms with Gasteiger partial charge in [0.1, 0.15) is 5.75 Å². The fourth-order valence-electron chi connectivity index (χ4n) is 2.03. The number of nitrogens with one attached hydrogen (secondary N) is 1. The Balaban J connectivity index is 2.18. The molecule has 0 aliphatic carbocycles. The molecule has 0 fully saturated rings. The van der Waals surface area contributed by atoms with Crippen molar-refractivity contribution in [3.63, 3.8) is 0 Å². The van der Waals surface area contributed by atoms with E-state index in [9.17, 15) is 9.90 Å². The fourth-order valence-corrected chi connectivity index (χ4v) is 2.03. The second kappa shape index (κ2) is 6.79. The summed E-state index contributed by atoms with van der Waals surface area (Å²) in [7, 11) is 0. The number of ether oxygens (including phenoxy) is 1. The van der Waals surface area contributed by atoms with Crippen LogP contribution in [0.2, 0.25) is 0 Å². The molecule has 2 aromatic carbocycles.